The molecule has 12 heavy (non-hydrogen) atoms. The van der Waals surface area contributed by atoms with Crippen molar-refractivity contribution in [1.29, 1.82) is 0 Å². The molecule has 1 N–H and O–H groups in total. The predicted molar refractivity (Wildman–Crippen MR) is 50.6 cm³/mol. The quantitative estimate of drug-likeness (QED) is 0.425. The van der Waals surface area contributed by atoms with Gasteiger partial charge in [0.25, 0.3) is 0 Å². The first-order valence-electron chi connectivity index (χ1n) is 3.28. The Morgan fingerprint density at radius 2 is 1.83 bits per heavy atom. The van der Waals surface area contributed by atoms with E-state index >= 15 is 0 Å². The third-order valence-corrected chi connectivity index (χ3v) is 2.04. The van der Waals surface area contributed by atoms with Crippen molar-refractivity contribution in [2.24, 2.45) is 5.16 Å². The average molecular weight is 204 g/mol. The molecule has 0 aromatic heterocycles. The lowest BCUT2D eigenvalue weighted by Crippen LogP contribution is -1.86. The molecule has 64 valence electrons. The molecular weight excluding hydrogens is 197 g/mol. The van der Waals surface area contributed by atoms with E-state index in [4.69, 9.17) is 28.4 Å². The maximum absolute atomic E-state index is 8.29. The van der Waals surface area contributed by atoms with Gasteiger partial charge >= 0.3 is 0 Å². The minimum atomic E-state index is 0.484. The monoisotopic (exact) mass is 203 g/mol. The molecule has 0 aliphatic rings. The molecule has 0 aliphatic carbocycles. The van der Waals surface area contributed by atoms with Gasteiger partial charge < -0.3 is 5.21 Å². The summed E-state index contributed by atoms with van der Waals surface area (Å²) in [6.07, 6.45) is 1.21. The van der Waals surface area contributed by atoms with E-state index in [1.54, 1.807) is 12.1 Å². The van der Waals surface area contributed by atoms with E-state index in [1.807, 2.05) is 6.92 Å². The van der Waals surface area contributed by atoms with Crippen LogP contribution in [0.25, 0.3) is 0 Å². The SMILES string of the molecule is Cc1cc(Cl)c(/C=N/O)c(Cl)c1. The van der Waals surface area contributed by atoms with Gasteiger partial charge in [-0.1, -0.05) is 28.4 Å². The Bertz CT molecular complexity index is 300. The van der Waals surface area contributed by atoms with Crippen LogP contribution in [0.15, 0.2) is 17.3 Å². The zero-order chi connectivity index (χ0) is 9.14. The average Bonchev–Trinajstić information content (AvgIpc) is 1.96. The lowest BCUT2D eigenvalue weighted by molar-refractivity contribution is 0.322. The van der Waals surface area contributed by atoms with Crippen LogP contribution in [0.2, 0.25) is 10.0 Å². The second-order valence-corrected chi connectivity index (χ2v) is 3.20. The van der Waals surface area contributed by atoms with E-state index in [0.29, 0.717) is 15.6 Å². The molecule has 1 aromatic carbocycles. The third kappa shape index (κ3) is 1.90. The summed E-state index contributed by atoms with van der Waals surface area (Å²) < 4.78 is 0. The van der Waals surface area contributed by atoms with Crippen LogP contribution in [-0.4, -0.2) is 11.4 Å². The van der Waals surface area contributed by atoms with Crippen LogP contribution in [0, 0.1) is 6.92 Å². The van der Waals surface area contributed by atoms with Crippen molar-refractivity contribution in [3.05, 3.63) is 33.3 Å². The molecule has 0 atom stereocenters. The Labute approximate surface area is 80.4 Å². The van der Waals surface area contributed by atoms with Crippen LogP contribution in [0.4, 0.5) is 0 Å². The molecule has 0 spiro atoms. The van der Waals surface area contributed by atoms with Gasteiger partial charge in [0.15, 0.2) is 0 Å². The van der Waals surface area contributed by atoms with Crippen molar-refractivity contribution in [1.82, 2.24) is 0 Å². The number of nitrogens with zero attached hydrogens (tertiary/aromatic N) is 1. The number of rotatable bonds is 1. The second-order valence-electron chi connectivity index (χ2n) is 2.39. The van der Waals surface area contributed by atoms with Crippen molar-refractivity contribution in [3.8, 4) is 0 Å². The van der Waals surface area contributed by atoms with E-state index in [-0.39, 0.29) is 0 Å². The van der Waals surface area contributed by atoms with Crippen LogP contribution in [0.1, 0.15) is 11.1 Å². The summed E-state index contributed by atoms with van der Waals surface area (Å²) in [6, 6.07) is 3.51. The lowest BCUT2D eigenvalue weighted by Gasteiger charge is -2.01. The predicted octanol–water partition coefficient (Wildman–Crippen LogP) is 3.11. The normalized spacial score (nSPS) is 10.9. The van der Waals surface area contributed by atoms with Gasteiger partial charge in [0.1, 0.15) is 0 Å². The summed E-state index contributed by atoms with van der Waals surface area (Å²) >= 11 is 11.7. The van der Waals surface area contributed by atoms with Crippen LogP contribution in [0.5, 0.6) is 0 Å². The molecule has 4 heteroatoms. The Kier molecular flexibility index (Phi) is 2.95. The van der Waals surface area contributed by atoms with E-state index in [2.05, 4.69) is 5.16 Å². The zero-order valence-electron chi connectivity index (χ0n) is 6.38. The molecule has 0 radical (unpaired) electrons. The first-order chi connectivity index (χ1) is 5.65. The molecular formula is C8H7Cl2NO. The Morgan fingerprint density at radius 1 is 1.33 bits per heavy atom. The second kappa shape index (κ2) is 3.78. The summed E-state index contributed by atoms with van der Waals surface area (Å²) in [6.45, 7) is 1.89. The van der Waals surface area contributed by atoms with Gasteiger partial charge in [-0.25, -0.2) is 0 Å². The summed E-state index contributed by atoms with van der Waals surface area (Å²) in [4.78, 5) is 0. The van der Waals surface area contributed by atoms with E-state index in [0.717, 1.165) is 5.56 Å². The fraction of sp³-hybridized carbons (Fsp3) is 0.125. The van der Waals surface area contributed by atoms with Crippen molar-refractivity contribution < 1.29 is 5.21 Å². The fourth-order valence-electron chi connectivity index (χ4n) is 0.892. The van der Waals surface area contributed by atoms with E-state index < -0.39 is 0 Å². The highest BCUT2D eigenvalue weighted by Gasteiger charge is 2.03. The smallest absolute Gasteiger partial charge is 0.0763 e. The number of oxime groups is 1. The van der Waals surface area contributed by atoms with E-state index in [9.17, 15) is 0 Å². The molecule has 0 heterocycles. The summed E-state index contributed by atoms with van der Waals surface area (Å²) in [5.74, 6) is 0. The largest absolute Gasteiger partial charge is 0.411 e. The number of hydrogen-bond donors (Lipinski definition) is 1. The van der Waals surface area contributed by atoms with Gasteiger partial charge in [0.05, 0.1) is 16.3 Å². The molecule has 0 saturated heterocycles. The molecule has 0 saturated carbocycles. The molecule has 0 fully saturated rings. The van der Waals surface area contributed by atoms with Crippen molar-refractivity contribution in [3.63, 3.8) is 0 Å². The highest BCUT2D eigenvalue weighted by molar-refractivity contribution is 6.38. The maximum atomic E-state index is 8.29. The summed E-state index contributed by atoms with van der Waals surface area (Å²) in [5.41, 5.74) is 1.51. The van der Waals surface area contributed by atoms with E-state index in [1.165, 1.54) is 6.21 Å². The highest BCUT2D eigenvalue weighted by Crippen LogP contribution is 2.24. The van der Waals surface area contributed by atoms with Crippen molar-refractivity contribution in [2.45, 2.75) is 6.92 Å². The molecule has 0 unspecified atom stereocenters. The number of halogens is 2. The minimum absolute atomic E-state index is 0.484. The molecule has 1 aromatic rings. The third-order valence-electron chi connectivity index (χ3n) is 1.41. The van der Waals surface area contributed by atoms with Gasteiger partial charge in [-0.05, 0) is 24.6 Å². The molecule has 0 aliphatic heterocycles. The van der Waals surface area contributed by atoms with Gasteiger partial charge in [-0.3, -0.25) is 0 Å². The van der Waals surface area contributed by atoms with Gasteiger partial charge in [-0.15, -0.1) is 0 Å². The lowest BCUT2D eigenvalue weighted by atomic mass is 10.2. The summed E-state index contributed by atoms with van der Waals surface area (Å²) in [5, 5.41) is 12.1. The highest BCUT2D eigenvalue weighted by atomic mass is 35.5. The molecule has 0 amide bonds. The topological polar surface area (TPSA) is 32.6 Å². The summed E-state index contributed by atoms with van der Waals surface area (Å²) in [7, 11) is 0. The van der Waals surface area contributed by atoms with Crippen molar-refractivity contribution in [2.75, 3.05) is 0 Å². The first-order valence-corrected chi connectivity index (χ1v) is 4.04. The number of hydrogen-bond acceptors (Lipinski definition) is 2. The minimum Gasteiger partial charge on any atom is -0.411 e. The zero-order valence-corrected chi connectivity index (χ0v) is 7.89. The Morgan fingerprint density at radius 3 is 2.25 bits per heavy atom. The molecule has 2 nitrogen and oxygen atoms in total. The fourth-order valence-corrected chi connectivity index (χ4v) is 1.59. The van der Waals surface area contributed by atoms with Crippen LogP contribution in [0.3, 0.4) is 0 Å². The van der Waals surface area contributed by atoms with Gasteiger partial charge in [0, 0.05) is 5.56 Å². The maximum Gasteiger partial charge on any atom is 0.0763 e. The van der Waals surface area contributed by atoms with Gasteiger partial charge in [0.2, 0.25) is 0 Å². The van der Waals surface area contributed by atoms with Crippen molar-refractivity contribution >= 4 is 29.4 Å². The Balaban J connectivity index is 3.28. The van der Waals surface area contributed by atoms with Crippen LogP contribution in [-0.2, 0) is 0 Å². The molecule has 1 rings (SSSR count). The first kappa shape index (κ1) is 9.36. The molecule has 0 bridgehead atoms. The number of benzene rings is 1. The Hall–Kier alpha value is -0.730. The van der Waals surface area contributed by atoms with Crippen LogP contribution >= 0.6 is 23.2 Å². The van der Waals surface area contributed by atoms with Crippen LogP contribution < -0.4 is 0 Å². The van der Waals surface area contributed by atoms with Gasteiger partial charge in [-0.2, -0.15) is 0 Å². The number of aryl methyl sites for hydroxylation is 1. The standard InChI is InChI=1S/C8H7Cl2NO/c1-5-2-7(9)6(4-11-12)8(10)3-5/h2-4,12H,1H3/b11-4+.